The first-order valence-electron chi connectivity index (χ1n) is 9.72. The van der Waals surface area contributed by atoms with Gasteiger partial charge in [-0.3, -0.25) is 9.36 Å². The van der Waals surface area contributed by atoms with Crippen LogP contribution in [0, 0.1) is 23.0 Å². The van der Waals surface area contributed by atoms with Crippen molar-refractivity contribution >= 4 is 16.9 Å². The minimum Gasteiger partial charge on any atom is -0.337 e. The van der Waals surface area contributed by atoms with Gasteiger partial charge in [0.15, 0.2) is 0 Å². The van der Waals surface area contributed by atoms with Crippen LogP contribution in [0.15, 0.2) is 72.8 Å². The zero-order valence-corrected chi connectivity index (χ0v) is 16.4. The van der Waals surface area contributed by atoms with Crippen LogP contribution < -0.4 is 5.32 Å². The Morgan fingerprint density at radius 3 is 2.55 bits per heavy atom. The number of aromatic nitrogens is 2. The van der Waals surface area contributed by atoms with Crippen molar-refractivity contribution in [3.05, 3.63) is 95.8 Å². The number of nitrogens with zero attached hydrogens (tertiary/aromatic N) is 3. The van der Waals surface area contributed by atoms with E-state index >= 15 is 0 Å². The van der Waals surface area contributed by atoms with Crippen LogP contribution in [-0.2, 0) is 11.2 Å². The molecule has 0 radical (unpaired) electrons. The first kappa shape index (κ1) is 20.2. The maximum Gasteiger partial charge on any atom is 0.221 e. The van der Waals surface area contributed by atoms with E-state index in [4.69, 9.17) is 0 Å². The number of aryl methyl sites for hydroxylation is 1. The lowest BCUT2D eigenvalue weighted by atomic mass is 10.1. The molecular formula is C24H18F2N4O. The van der Waals surface area contributed by atoms with Crippen molar-refractivity contribution in [1.29, 1.82) is 5.26 Å². The molecule has 0 aliphatic rings. The molecule has 0 spiro atoms. The number of amides is 1. The van der Waals surface area contributed by atoms with Crippen LogP contribution in [0.4, 0.5) is 8.78 Å². The molecule has 7 heteroatoms. The second kappa shape index (κ2) is 8.76. The molecule has 0 saturated heterocycles. The molecule has 31 heavy (non-hydrogen) atoms. The lowest BCUT2D eigenvalue weighted by Crippen LogP contribution is -2.28. The fraction of sp³-hybridized carbons (Fsp3) is 0.125. The molecule has 0 aliphatic heterocycles. The highest BCUT2D eigenvalue weighted by Gasteiger charge is 2.19. The molecule has 1 N–H and O–H groups in total. The number of halogens is 2. The Morgan fingerprint density at radius 2 is 1.81 bits per heavy atom. The largest absolute Gasteiger partial charge is 0.337 e. The second-order valence-electron chi connectivity index (χ2n) is 6.98. The molecule has 1 amide bonds. The van der Waals surface area contributed by atoms with Crippen LogP contribution >= 0.6 is 0 Å². The molecule has 0 bridgehead atoms. The first-order valence-corrected chi connectivity index (χ1v) is 9.72. The van der Waals surface area contributed by atoms with Crippen LogP contribution in [0.1, 0.15) is 23.9 Å². The van der Waals surface area contributed by atoms with Crippen molar-refractivity contribution in [2.75, 3.05) is 0 Å². The number of fused-ring (bicyclic) bond motifs is 1. The minimum absolute atomic E-state index is 0.0527. The Hall–Kier alpha value is -4.05. The van der Waals surface area contributed by atoms with Gasteiger partial charge in [-0.2, -0.15) is 5.26 Å². The molecule has 4 aromatic rings. The molecule has 1 aromatic heterocycles. The number of carbonyl (C=O) groups is 1. The molecule has 1 unspecified atom stereocenters. The maximum atomic E-state index is 14.0. The standard InChI is InChI=1S/C24H18F2N4O/c25-16-10-11-18(19(26)14-16)21(15-27)29-24(31)13-12-23-28-20-8-4-5-9-22(20)30(23)17-6-2-1-3-7-17/h1-11,14,21H,12-13H2,(H,29,31). The minimum atomic E-state index is -1.21. The van der Waals surface area contributed by atoms with Crippen LogP contribution in [-0.4, -0.2) is 15.5 Å². The highest BCUT2D eigenvalue weighted by atomic mass is 19.1. The molecule has 0 aliphatic carbocycles. The Labute approximate surface area is 177 Å². The molecule has 0 fully saturated rings. The number of para-hydroxylation sites is 3. The quantitative estimate of drug-likeness (QED) is 0.499. The van der Waals surface area contributed by atoms with Crippen LogP contribution in [0.3, 0.4) is 0 Å². The average Bonchev–Trinajstić information content (AvgIpc) is 3.15. The van der Waals surface area contributed by atoms with Crippen LogP contribution in [0.2, 0.25) is 0 Å². The van der Waals surface area contributed by atoms with E-state index in [1.807, 2.05) is 65.2 Å². The molecule has 154 valence electrons. The molecule has 3 aromatic carbocycles. The first-order chi connectivity index (χ1) is 15.1. The van der Waals surface area contributed by atoms with Crippen molar-refractivity contribution in [2.24, 2.45) is 0 Å². The maximum absolute atomic E-state index is 14.0. The number of nitriles is 1. The predicted octanol–water partition coefficient (Wildman–Crippen LogP) is 4.62. The number of imidazole rings is 1. The summed E-state index contributed by atoms with van der Waals surface area (Å²) in [6.07, 6.45) is 0.372. The number of hydrogen-bond acceptors (Lipinski definition) is 3. The van der Waals surface area contributed by atoms with Gasteiger partial charge in [-0.15, -0.1) is 0 Å². The van der Waals surface area contributed by atoms with Crippen molar-refractivity contribution in [1.82, 2.24) is 14.9 Å². The van der Waals surface area contributed by atoms with Crippen molar-refractivity contribution < 1.29 is 13.6 Å². The fourth-order valence-electron chi connectivity index (χ4n) is 3.48. The van der Waals surface area contributed by atoms with Gasteiger partial charge in [-0.1, -0.05) is 36.4 Å². The molecule has 5 nitrogen and oxygen atoms in total. The lowest BCUT2D eigenvalue weighted by Gasteiger charge is -2.13. The summed E-state index contributed by atoms with van der Waals surface area (Å²) in [5.41, 5.74) is 2.58. The van der Waals surface area contributed by atoms with Gasteiger partial charge < -0.3 is 5.32 Å². The predicted molar refractivity (Wildman–Crippen MR) is 112 cm³/mol. The molecule has 1 atom stereocenters. The van der Waals surface area contributed by atoms with Gasteiger partial charge in [0.1, 0.15) is 23.5 Å². The zero-order chi connectivity index (χ0) is 21.8. The average molecular weight is 416 g/mol. The van der Waals surface area contributed by atoms with Crippen LogP contribution in [0.5, 0.6) is 0 Å². The molecule has 4 rings (SSSR count). The molecule has 1 heterocycles. The highest BCUT2D eigenvalue weighted by Crippen LogP contribution is 2.23. The number of rotatable bonds is 6. The monoisotopic (exact) mass is 416 g/mol. The number of hydrogen-bond donors (Lipinski definition) is 1. The van der Waals surface area contributed by atoms with E-state index in [0.29, 0.717) is 18.3 Å². The zero-order valence-electron chi connectivity index (χ0n) is 16.4. The smallest absolute Gasteiger partial charge is 0.221 e. The number of carbonyl (C=O) groups excluding carboxylic acids is 1. The van der Waals surface area contributed by atoms with Gasteiger partial charge in [0, 0.05) is 30.2 Å². The lowest BCUT2D eigenvalue weighted by molar-refractivity contribution is -0.121. The van der Waals surface area contributed by atoms with E-state index in [1.165, 1.54) is 0 Å². The van der Waals surface area contributed by atoms with Gasteiger partial charge in [-0.05, 0) is 30.3 Å². The van der Waals surface area contributed by atoms with Gasteiger partial charge in [0.25, 0.3) is 0 Å². The van der Waals surface area contributed by atoms with E-state index < -0.39 is 23.6 Å². The Kier molecular flexibility index (Phi) is 5.72. The highest BCUT2D eigenvalue weighted by molar-refractivity contribution is 5.79. The third-order valence-electron chi connectivity index (χ3n) is 4.93. The van der Waals surface area contributed by atoms with E-state index in [1.54, 1.807) is 0 Å². The van der Waals surface area contributed by atoms with Crippen molar-refractivity contribution in [3.8, 4) is 11.8 Å². The summed E-state index contributed by atoms with van der Waals surface area (Å²) in [6.45, 7) is 0. The molecule has 0 saturated carbocycles. The topological polar surface area (TPSA) is 70.7 Å². The third-order valence-corrected chi connectivity index (χ3v) is 4.93. The summed E-state index contributed by atoms with van der Waals surface area (Å²) in [6, 6.07) is 20.9. The summed E-state index contributed by atoms with van der Waals surface area (Å²) in [5.74, 6) is -1.35. The summed E-state index contributed by atoms with van der Waals surface area (Å²) < 4.78 is 29.1. The summed E-state index contributed by atoms with van der Waals surface area (Å²) >= 11 is 0. The van der Waals surface area contributed by atoms with E-state index in [0.717, 1.165) is 28.9 Å². The summed E-state index contributed by atoms with van der Waals surface area (Å²) in [7, 11) is 0. The summed E-state index contributed by atoms with van der Waals surface area (Å²) in [4.78, 5) is 17.2. The van der Waals surface area contributed by atoms with Gasteiger partial charge in [0.2, 0.25) is 5.91 Å². The van der Waals surface area contributed by atoms with Crippen molar-refractivity contribution in [2.45, 2.75) is 18.9 Å². The second-order valence-corrected chi connectivity index (χ2v) is 6.98. The number of nitrogens with one attached hydrogen (secondary N) is 1. The van der Waals surface area contributed by atoms with E-state index in [2.05, 4.69) is 10.3 Å². The SMILES string of the molecule is N#CC(NC(=O)CCc1nc2ccccc2n1-c1ccccc1)c1ccc(F)cc1F. The van der Waals surface area contributed by atoms with E-state index in [9.17, 15) is 18.8 Å². The van der Waals surface area contributed by atoms with Crippen LogP contribution in [0.25, 0.3) is 16.7 Å². The van der Waals surface area contributed by atoms with E-state index in [-0.39, 0.29) is 12.0 Å². The van der Waals surface area contributed by atoms with Gasteiger partial charge in [-0.25, -0.2) is 13.8 Å². The number of benzene rings is 3. The third kappa shape index (κ3) is 4.28. The Bertz CT molecular complexity index is 1280. The van der Waals surface area contributed by atoms with Crippen molar-refractivity contribution in [3.63, 3.8) is 0 Å². The summed E-state index contributed by atoms with van der Waals surface area (Å²) in [5, 5.41) is 11.9. The Morgan fingerprint density at radius 1 is 1.06 bits per heavy atom. The Balaban J connectivity index is 1.54. The normalized spacial score (nSPS) is 11.8. The fourth-order valence-corrected chi connectivity index (χ4v) is 3.48. The van der Waals surface area contributed by atoms with Gasteiger partial charge in [0.05, 0.1) is 17.1 Å². The van der Waals surface area contributed by atoms with Gasteiger partial charge >= 0.3 is 0 Å². The molecular weight excluding hydrogens is 398 g/mol.